The number of fused-ring (bicyclic) bond motifs is 2. The van der Waals surface area contributed by atoms with E-state index < -0.39 is 11.7 Å². The summed E-state index contributed by atoms with van der Waals surface area (Å²) in [6.45, 7) is 8.45. The summed E-state index contributed by atoms with van der Waals surface area (Å²) >= 11 is 0. The molecule has 0 N–H and O–H groups in total. The van der Waals surface area contributed by atoms with Crippen molar-refractivity contribution in [1.82, 2.24) is 14.3 Å². The highest BCUT2D eigenvalue weighted by Crippen LogP contribution is 2.36. The van der Waals surface area contributed by atoms with E-state index in [0.717, 1.165) is 64.6 Å². The number of aryl methyl sites for hydroxylation is 1. The van der Waals surface area contributed by atoms with Crippen molar-refractivity contribution in [1.29, 1.82) is 0 Å². The molecule has 0 saturated carbocycles. The van der Waals surface area contributed by atoms with Gasteiger partial charge in [-0.15, -0.1) is 0 Å². The summed E-state index contributed by atoms with van der Waals surface area (Å²) in [4.78, 5) is 13.3. The van der Waals surface area contributed by atoms with Gasteiger partial charge in [0.15, 0.2) is 6.23 Å². The molecule has 0 amide bonds. The Morgan fingerprint density at radius 2 is 1.91 bits per heavy atom. The lowest BCUT2D eigenvalue weighted by atomic mass is 10.1. The van der Waals surface area contributed by atoms with Gasteiger partial charge >= 0.3 is 6.09 Å². The van der Waals surface area contributed by atoms with E-state index >= 15 is 0 Å². The Bertz CT molecular complexity index is 1300. The summed E-state index contributed by atoms with van der Waals surface area (Å²) in [6.07, 6.45) is 2.62. The maximum Gasteiger partial charge on any atom is 0.419 e. The van der Waals surface area contributed by atoms with Crippen LogP contribution in [-0.4, -0.2) is 32.6 Å². The fraction of sp³-hybridized carbons (Fsp3) is 0.385. The van der Waals surface area contributed by atoms with E-state index in [1.54, 1.807) is 4.57 Å². The first-order valence-electron chi connectivity index (χ1n) is 11.3. The number of rotatable bonds is 2. The quantitative estimate of drug-likeness (QED) is 0.366. The Morgan fingerprint density at radius 3 is 2.66 bits per heavy atom. The number of carbonyl (C=O) groups excluding carboxylic acids is 1. The van der Waals surface area contributed by atoms with Gasteiger partial charge in [0.05, 0.1) is 16.7 Å². The number of hydrogen-bond donors (Lipinski definition) is 0. The van der Waals surface area contributed by atoms with Gasteiger partial charge in [-0.25, -0.2) is 14.0 Å². The van der Waals surface area contributed by atoms with Gasteiger partial charge in [0.25, 0.3) is 0 Å². The first-order valence-corrected chi connectivity index (χ1v) is 11.3. The molecular formula is C26H29N3O3. The fourth-order valence-electron chi connectivity index (χ4n) is 4.41. The second-order valence-electron chi connectivity index (χ2n) is 9.54. The van der Waals surface area contributed by atoms with E-state index in [1.807, 2.05) is 55.8 Å². The Morgan fingerprint density at radius 1 is 1.09 bits per heavy atom. The van der Waals surface area contributed by atoms with Crippen LogP contribution in [0.4, 0.5) is 4.79 Å². The molecule has 166 valence electrons. The van der Waals surface area contributed by atoms with Crippen LogP contribution in [0.15, 0.2) is 48.5 Å². The SMILES string of the molecule is Cc1ccc2c(c1)c(-c1cc3ccccc3n1C(=O)OC(C)(C)C)nn2C1CCCCO1. The van der Waals surface area contributed by atoms with Gasteiger partial charge in [0.1, 0.15) is 11.3 Å². The van der Waals surface area contributed by atoms with Crippen LogP contribution in [0.3, 0.4) is 0 Å². The van der Waals surface area contributed by atoms with Gasteiger partial charge in [0, 0.05) is 17.4 Å². The summed E-state index contributed by atoms with van der Waals surface area (Å²) in [5.74, 6) is 0. The lowest BCUT2D eigenvalue weighted by Gasteiger charge is -2.23. The lowest BCUT2D eigenvalue weighted by Crippen LogP contribution is -2.27. The second-order valence-corrected chi connectivity index (χ2v) is 9.54. The van der Waals surface area contributed by atoms with E-state index in [2.05, 4.69) is 25.1 Å². The molecule has 6 heteroatoms. The first kappa shape index (κ1) is 20.8. The molecule has 0 bridgehead atoms. The monoisotopic (exact) mass is 431 g/mol. The van der Waals surface area contributed by atoms with Crippen molar-refractivity contribution in [2.24, 2.45) is 0 Å². The maximum absolute atomic E-state index is 13.3. The van der Waals surface area contributed by atoms with Gasteiger partial charge < -0.3 is 9.47 Å². The van der Waals surface area contributed by atoms with Crippen molar-refractivity contribution in [2.45, 2.75) is 58.8 Å². The predicted molar refractivity (Wildman–Crippen MR) is 126 cm³/mol. The van der Waals surface area contributed by atoms with Crippen molar-refractivity contribution in [3.63, 3.8) is 0 Å². The molecule has 2 aromatic heterocycles. The molecular weight excluding hydrogens is 402 g/mol. The molecule has 1 aliphatic rings. The normalized spacial score (nSPS) is 17.2. The molecule has 5 rings (SSSR count). The van der Waals surface area contributed by atoms with Crippen LogP contribution in [0.25, 0.3) is 33.2 Å². The molecule has 6 nitrogen and oxygen atoms in total. The van der Waals surface area contributed by atoms with Gasteiger partial charge in [-0.3, -0.25) is 0 Å². The zero-order chi connectivity index (χ0) is 22.5. The molecule has 1 saturated heterocycles. The molecule has 1 aliphatic heterocycles. The van der Waals surface area contributed by atoms with Crippen LogP contribution >= 0.6 is 0 Å². The highest BCUT2D eigenvalue weighted by atomic mass is 16.6. The lowest BCUT2D eigenvalue weighted by molar-refractivity contribution is -0.0365. The van der Waals surface area contributed by atoms with Crippen molar-refractivity contribution in [3.8, 4) is 11.4 Å². The molecule has 0 aliphatic carbocycles. The fourth-order valence-corrected chi connectivity index (χ4v) is 4.41. The maximum atomic E-state index is 13.3. The van der Waals surface area contributed by atoms with Gasteiger partial charge in [-0.05, 0) is 71.2 Å². The molecule has 3 heterocycles. The Hall–Kier alpha value is -3.12. The van der Waals surface area contributed by atoms with E-state index in [-0.39, 0.29) is 6.23 Å². The molecule has 32 heavy (non-hydrogen) atoms. The summed E-state index contributed by atoms with van der Waals surface area (Å²) in [5, 5.41) is 7.00. The standard InChI is InChI=1S/C26H29N3O3/c1-17-12-13-21-19(15-17)24(27-29(21)23-11-7-8-14-31-23)22-16-18-9-5-6-10-20(18)28(22)25(30)32-26(2,3)4/h5-6,9-10,12-13,15-16,23H,7-8,11,14H2,1-4H3. The van der Waals surface area contributed by atoms with E-state index in [9.17, 15) is 4.79 Å². The van der Waals surface area contributed by atoms with Crippen molar-refractivity contribution in [3.05, 3.63) is 54.1 Å². The predicted octanol–water partition coefficient (Wildman–Crippen LogP) is 6.45. The van der Waals surface area contributed by atoms with E-state index in [4.69, 9.17) is 14.6 Å². The zero-order valence-corrected chi connectivity index (χ0v) is 19.1. The molecule has 4 aromatic rings. The number of nitrogens with zero attached hydrogens (tertiary/aromatic N) is 3. The Kier molecular flexibility index (Phi) is 5.05. The van der Waals surface area contributed by atoms with E-state index in [1.165, 1.54) is 0 Å². The summed E-state index contributed by atoms with van der Waals surface area (Å²) in [7, 11) is 0. The number of para-hydroxylation sites is 1. The van der Waals surface area contributed by atoms with Crippen LogP contribution in [0.5, 0.6) is 0 Å². The van der Waals surface area contributed by atoms with Crippen LogP contribution in [0.1, 0.15) is 51.8 Å². The highest BCUT2D eigenvalue weighted by Gasteiger charge is 2.27. The molecule has 1 atom stereocenters. The molecule has 0 radical (unpaired) electrons. The molecule has 1 fully saturated rings. The van der Waals surface area contributed by atoms with Crippen LogP contribution in [-0.2, 0) is 9.47 Å². The van der Waals surface area contributed by atoms with Gasteiger partial charge in [0.2, 0.25) is 0 Å². The minimum absolute atomic E-state index is 0.0953. The van der Waals surface area contributed by atoms with Crippen LogP contribution in [0, 0.1) is 6.92 Å². The average Bonchev–Trinajstić information content (AvgIpc) is 3.31. The van der Waals surface area contributed by atoms with Gasteiger partial charge in [-0.1, -0.05) is 29.8 Å². The molecule has 2 aromatic carbocycles. The smallest absolute Gasteiger partial charge is 0.419 e. The number of ether oxygens (including phenoxy) is 2. The third kappa shape index (κ3) is 3.69. The molecule has 1 unspecified atom stereocenters. The molecule has 0 spiro atoms. The number of carbonyl (C=O) groups is 1. The third-order valence-electron chi connectivity index (χ3n) is 5.82. The summed E-state index contributed by atoms with van der Waals surface area (Å²) in [6, 6.07) is 16.2. The number of hydrogen-bond acceptors (Lipinski definition) is 4. The largest absolute Gasteiger partial charge is 0.443 e. The van der Waals surface area contributed by atoms with Crippen LogP contribution < -0.4 is 0 Å². The minimum Gasteiger partial charge on any atom is -0.443 e. The number of aromatic nitrogens is 3. The van der Waals surface area contributed by atoms with Crippen molar-refractivity contribution < 1.29 is 14.3 Å². The second kappa shape index (κ2) is 7.78. The Labute approximate surface area is 187 Å². The highest BCUT2D eigenvalue weighted by molar-refractivity contribution is 6.01. The first-order chi connectivity index (χ1) is 15.3. The van der Waals surface area contributed by atoms with Gasteiger partial charge in [-0.2, -0.15) is 5.10 Å². The zero-order valence-electron chi connectivity index (χ0n) is 19.1. The van der Waals surface area contributed by atoms with Crippen molar-refractivity contribution >= 4 is 27.9 Å². The third-order valence-corrected chi connectivity index (χ3v) is 5.82. The van der Waals surface area contributed by atoms with Crippen molar-refractivity contribution in [2.75, 3.05) is 6.61 Å². The minimum atomic E-state index is -0.603. The van der Waals surface area contributed by atoms with E-state index in [0.29, 0.717) is 0 Å². The number of benzene rings is 2. The summed E-state index contributed by atoms with van der Waals surface area (Å²) < 4.78 is 15.5. The summed E-state index contributed by atoms with van der Waals surface area (Å²) in [5.41, 5.74) is 3.85. The average molecular weight is 432 g/mol. The Balaban J connectivity index is 1.75. The van der Waals surface area contributed by atoms with Crippen LogP contribution in [0.2, 0.25) is 0 Å². The topological polar surface area (TPSA) is 58.3 Å².